The van der Waals surface area contributed by atoms with Crippen LogP contribution in [-0.4, -0.2) is 0 Å². The zero-order valence-corrected chi connectivity index (χ0v) is 11.6. The van der Waals surface area contributed by atoms with Crippen LogP contribution in [0.1, 0.15) is 5.56 Å². The summed E-state index contributed by atoms with van der Waals surface area (Å²) in [7, 11) is 0. The third kappa shape index (κ3) is 2.73. The van der Waals surface area contributed by atoms with Gasteiger partial charge in [-0.25, -0.2) is 0 Å². The van der Waals surface area contributed by atoms with Gasteiger partial charge in [0.25, 0.3) is 0 Å². The molecule has 0 aliphatic rings. The number of nitrogens with two attached hydrogens (primary N) is 1. The molecule has 0 amide bonds. The summed E-state index contributed by atoms with van der Waals surface area (Å²) in [6.45, 7) is 1.97. The lowest BCUT2D eigenvalue weighted by Gasteiger charge is -2.12. The predicted octanol–water partition coefficient (Wildman–Crippen LogP) is 4.74. The monoisotopic (exact) mass is 310 g/mol. The second-order valence-electron chi connectivity index (χ2n) is 3.77. The van der Waals surface area contributed by atoms with E-state index in [0.717, 1.165) is 26.4 Å². The molecule has 2 aromatic carbocycles. The van der Waals surface area contributed by atoms with Crippen molar-refractivity contribution in [2.45, 2.75) is 6.92 Å². The van der Waals surface area contributed by atoms with E-state index >= 15 is 0 Å². The van der Waals surface area contributed by atoms with Gasteiger partial charge in [0.1, 0.15) is 0 Å². The molecule has 0 fully saturated rings. The number of halogens is 2. The Hall–Kier alpha value is -1.19. The maximum atomic E-state index is 6.07. The molecule has 0 aliphatic heterocycles. The molecule has 2 rings (SSSR count). The number of anilines is 3. The summed E-state index contributed by atoms with van der Waals surface area (Å²) in [4.78, 5) is 0. The quantitative estimate of drug-likeness (QED) is 0.786. The maximum Gasteiger partial charge on any atom is 0.0629 e. The molecule has 0 heterocycles. The first-order chi connectivity index (χ1) is 8.08. The highest BCUT2D eigenvalue weighted by atomic mass is 79.9. The Morgan fingerprint density at radius 1 is 1.18 bits per heavy atom. The highest BCUT2D eigenvalue weighted by Gasteiger charge is 2.05. The van der Waals surface area contributed by atoms with Gasteiger partial charge in [-0.15, -0.1) is 0 Å². The number of hydrogen-bond acceptors (Lipinski definition) is 2. The summed E-state index contributed by atoms with van der Waals surface area (Å²) in [5.74, 6) is 0. The minimum atomic E-state index is 0.701. The Kier molecular flexibility index (Phi) is 3.60. The van der Waals surface area contributed by atoms with Crippen molar-refractivity contribution in [2.24, 2.45) is 0 Å². The molecule has 0 radical (unpaired) electrons. The summed E-state index contributed by atoms with van der Waals surface area (Å²) >= 11 is 9.49. The molecule has 0 bridgehead atoms. The number of nitrogen functional groups attached to an aromatic ring is 1. The largest absolute Gasteiger partial charge is 0.397 e. The van der Waals surface area contributed by atoms with Crippen LogP contribution in [0.2, 0.25) is 5.02 Å². The van der Waals surface area contributed by atoms with Gasteiger partial charge in [0, 0.05) is 15.2 Å². The first-order valence-electron chi connectivity index (χ1n) is 5.15. The highest BCUT2D eigenvalue weighted by Crippen LogP contribution is 2.30. The summed E-state index contributed by atoms with van der Waals surface area (Å²) in [5, 5.41) is 4.02. The molecule has 0 aliphatic carbocycles. The van der Waals surface area contributed by atoms with Gasteiger partial charge in [-0.1, -0.05) is 33.6 Å². The Bertz CT molecular complexity index is 555. The zero-order valence-electron chi connectivity index (χ0n) is 9.30. The van der Waals surface area contributed by atoms with Crippen LogP contribution < -0.4 is 11.1 Å². The molecule has 2 nitrogen and oxygen atoms in total. The first-order valence-corrected chi connectivity index (χ1v) is 6.32. The van der Waals surface area contributed by atoms with E-state index in [1.165, 1.54) is 0 Å². The van der Waals surface area contributed by atoms with Gasteiger partial charge >= 0.3 is 0 Å². The highest BCUT2D eigenvalue weighted by molar-refractivity contribution is 9.10. The van der Waals surface area contributed by atoms with E-state index < -0.39 is 0 Å². The molecule has 0 unspecified atom stereocenters. The van der Waals surface area contributed by atoms with Crippen LogP contribution in [0.5, 0.6) is 0 Å². The van der Waals surface area contributed by atoms with Crippen molar-refractivity contribution in [1.29, 1.82) is 0 Å². The van der Waals surface area contributed by atoms with E-state index in [4.69, 9.17) is 17.3 Å². The van der Waals surface area contributed by atoms with Crippen LogP contribution in [0.3, 0.4) is 0 Å². The molecule has 0 spiro atoms. The Balaban J connectivity index is 2.38. The van der Waals surface area contributed by atoms with Crippen molar-refractivity contribution in [3.05, 3.63) is 51.5 Å². The van der Waals surface area contributed by atoms with Crippen LogP contribution in [0, 0.1) is 6.92 Å². The summed E-state index contributed by atoms with van der Waals surface area (Å²) in [6.07, 6.45) is 0. The molecule has 17 heavy (non-hydrogen) atoms. The first kappa shape index (κ1) is 12.3. The van der Waals surface area contributed by atoms with Crippen LogP contribution in [0.15, 0.2) is 40.9 Å². The van der Waals surface area contributed by atoms with E-state index in [1.54, 1.807) is 0 Å². The zero-order chi connectivity index (χ0) is 12.4. The van der Waals surface area contributed by atoms with Gasteiger partial charge in [-0.2, -0.15) is 0 Å². The molecular formula is C13H12BrClN2. The molecule has 0 atom stereocenters. The smallest absolute Gasteiger partial charge is 0.0629 e. The van der Waals surface area contributed by atoms with Crippen molar-refractivity contribution in [3.63, 3.8) is 0 Å². The number of benzene rings is 2. The van der Waals surface area contributed by atoms with Gasteiger partial charge in [0.05, 0.1) is 11.4 Å². The summed E-state index contributed by atoms with van der Waals surface area (Å²) < 4.78 is 0.980. The van der Waals surface area contributed by atoms with Crippen LogP contribution in [-0.2, 0) is 0 Å². The standard InChI is InChI=1S/C13H12BrClN2/c1-8-10(15)3-2-4-12(8)17-13-7-9(14)5-6-11(13)16/h2-7,17H,16H2,1H3. The van der Waals surface area contributed by atoms with Crippen molar-refractivity contribution in [2.75, 3.05) is 11.1 Å². The third-order valence-corrected chi connectivity index (χ3v) is 3.46. The second kappa shape index (κ2) is 4.98. The minimum absolute atomic E-state index is 0.701. The topological polar surface area (TPSA) is 38.0 Å². The van der Waals surface area contributed by atoms with E-state index in [9.17, 15) is 0 Å². The van der Waals surface area contributed by atoms with Crippen LogP contribution >= 0.6 is 27.5 Å². The van der Waals surface area contributed by atoms with E-state index in [-0.39, 0.29) is 0 Å². The lowest BCUT2D eigenvalue weighted by Crippen LogP contribution is -1.98. The Morgan fingerprint density at radius 3 is 2.71 bits per heavy atom. The fraction of sp³-hybridized carbons (Fsp3) is 0.0769. The predicted molar refractivity (Wildman–Crippen MR) is 78.0 cm³/mol. The molecule has 4 heteroatoms. The fourth-order valence-corrected chi connectivity index (χ4v) is 2.06. The lowest BCUT2D eigenvalue weighted by molar-refractivity contribution is 1.43. The Morgan fingerprint density at radius 2 is 1.94 bits per heavy atom. The van der Waals surface area contributed by atoms with Gasteiger partial charge in [-0.3, -0.25) is 0 Å². The Labute approximate surface area is 114 Å². The fourth-order valence-electron chi connectivity index (χ4n) is 1.52. The van der Waals surface area contributed by atoms with Gasteiger partial charge in [0.15, 0.2) is 0 Å². The van der Waals surface area contributed by atoms with Crippen molar-refractivity contribution in [3.8, 4) is 0 Å². The van der Waals surface area contributed by atoms with Crippen LogP contribution in [0.4, 0.5) is 17.1 Å². The molecule has 2 aromatic rings. The average Bonchev–Trinajstić information content (AvgIpc) is 2.30. The third-order valence-electron chi connectivity index (χ3n) is 2.55. The lowest BCUT2D eigenvalue weighted by atomic mass is 10.2. The SMILES string of the molecule is Cc1c(Cl)cccc1Nc1cc(Br)ccc1N. The van der Waals surface area contributed by atoms with E-state index in [0.29, 0.717) is 5.69 Å². The number of nitrogens with one attached hydrogen (secondary N) is 1. The van der Waals surface area contributed by atoms with E-state index in [1.807, 2.05) is 43.3 Å². The minimum Gasteiger partial charge on any atom is -0.397 e. The number of rotatable bonds is 2. The van der Waals surface area contributed by atoms with Crippen molar-refractivity contribution in [1.82, 2.24) is 0 Å². The molecular weight excluding hydrogens is 300 g/mol. The average molecular weight is 312 g/mol. The van der Waals surface area contributed by atoms with Crippen molar-refractivity contribution >= 4 is 44.6 Å². The maximum absolute atomic E-state index is 6.07. The van der Waals surface area contributed by atoms with E-state index in [2.05, 4.69) is 21.2 Å². The molecule has 0 saturated heterocycles. The summed E-state index contributed by atoms with van der Waals surface area (Å²) in [6, 6.07) is 11.5. The normalized spacial score (nSPS) is 10.3. The molecule has 0 saturated carbocycles. The van der Waals surface area contributed by atoms with Crippen LogP contribution in [0.25, 0.3) is 0 Å². The van der Waals surface area contributed by atoms with Gasteiger partial charge in [0.2, 0.25) is 0 Å². The van der Waals surface area contributed by atoms with Crippen molar-refractivity contribution < 1.29 is 0 Å². The molecule has 0 aromatic heterocycles. The molecule has 3 N–H and O–H groups in total. The van der Waals surface area contributed by atoms with Gasteiger partial charge < -0.3 is 11.1 Å². The second-order valence-corrected chi connectivity index (χ2v) is 5.09. The van der Waals surface area contributed by atoms with Gasteiger partial charge in [-0.05, 0) is 42.8 Å². The number of hydrogen-bond donors (Lipinski definition) is 2. The summed E-state index contributed by atoms with van der Waals surface area (Å²) in [5.41, 5.74) is 9.44. The molecule has 88 valence electrons.